The van der Waals surface area contributed by atoms with Gasteiger partial charge in [-0.15, -0.1) is 5.10 Å². The van der Waals surface area contributed by atoms with E-state index in [1.807, 2.05) is 18.0 Å². The molecule has 1 saturated heterocycles. The van der Waals surface area contributed by atoms with Gasteiger partial charge in [-0.1, -0.05) is 12.1 Å². The molecule has 0 amide bonds. The molecule has 1 aliphatic rings. The fourth-order valence-corrected chi connectivity index (χ4v) is 2.69. The van der Waals surface area contributed by atoms with Crippen molar-refractivity contribution in [3.05, 3.63) is 11.9 Å². The second-order valence-electron chi connectivity index (χ2n) is 5.79. The summed E-state index contributed by atoms with van der Waals surface area (Å²) in [6.07, 6.45) is 4.38. The van der Waals surface area contributed by atoms with Crippen LogP contribution in [0.25, 0.3) is 0 Å². The quantitative estimate of drug-likeness (QED) is 0.804. The fraction of sp³-hybridized carbons (Fsp3) is 0.857. The van der Waals surface area contributed by atoms with Gasteiger partial charge in [0.15, 0.2) is 0 Å². The molecule has 1 aromatic heterocycles. The number of nitrogens with zero attached hydrogens (tertiary/aromatic N) is 4. The maximum Gasteiger partial charge on any atom is 0.0964 e. The average molecular weight is 281 g/mol. The van der Waals surface area contributed by atoms with Crippen molar-refractivity contribution in [2.24, 2.45) is 0 Å². The molecule has 0 bridgehead atoms. The van der Waals surface area contributed by atoms with E-state index < -0.39 is 0 Å². The molecule has 6 nitrogen and oxygen atoms in total. The number of aromatic nitrogens is 3. The molecule has 0 radical (unpaired) electrons. The zero-order valence-electron chi connectivity index (χ0n) is 12.9. The van der Waals surface area contributed by atoms with Crippen molar-refractivity contribution in [2.75, 3.05) is 33.3 Å². The molecule has 0 saturated carbocycles. The van der Waals surface area contributed by atoms with Gasteiger partial charge in [0, 0.05) is 32.9 Å². The number of nitrogens with one attached hydrogen (secondary N) is 1. The number of likely N-dealkylation sites (tertiary alicyclic amines) is 1. The molecule has 20 heavy (non-hydrogen) atoms. The molecule has 1 unspecified atom stereocenters. The topological polar surface area (TPSA) is 55.2 Å². The van der Waals surface area contributed by atoms with E-state index in [0.717, 1.165) is 51.4 Å². The number of hydrogen-bond donors (Lipinski definition) is 1. The van der Waals surface area contributed by atoms with Crippen LogP contribution in [-0.2, 0) is 17.8 Å². The maximum atomic E-state index is 5.62. The standard InChI is InChI=1S/C14H27N5O/c1-4-15-10-13-11-19(17-16-13)9-8-18-7-5-6-14(2,12-18)20-3/h11,15H,4-10,12H2,1-3H3. The van der Waals surface area contributed by atoms with Crippen molar-refractivity contribution in [1.29, 1.82) is 0 Å². The van der Waals surface area contributed by atoms with Gasteiger partial charge < -0.3 is 10.1 Å². The van der Waals surface area contributed by atoms with Crippen LogP contribution in [0, 0.1) is 0 Å². The Morgan fingerprint density at radius 2 is 2.30 bits per heavy atom. The molecule has 114 valence electrons. The lowest BCUT2D eigenvalue weighted by Gasteiger charge is -2.39. The fourth-order valence-electron chi connectivity index (χ4n) is 2.69. The second kappa shape index (κ2) is 7.15. The minimum atomic E-state index is 0.0107. The molecule has 1 fully saturated rings. The van der Waals surface area contributed by atoms with E-state index in [1.165, 1.54) is 6.42 Å². The summed E-state index contributed by atoms with van der Waals surface area (Å²) < 4.78 is 7.56. The predicted octanol–water partition coefficient (Wildman–Crippen LogP) is 0.889. The first kappa shape index (κ1) is 15.4. The minimum absolute atomic E-state index is 0.0107. The lowest BCUT2D eigenvalue weighted by atomic mass is 9.95. The number of rotatable bonds is 7. The summed E-state index contributed by atoms with van der Waals surface area (Å²) in [5.74, 6) is 0. The van der Waals surface area contributed by atoms with Gasteiger partial charge in [0.05, 0.1) is 17.8 Å². The normalized spacial score (nSPS) is 24.1. The summed E-state index contributed by atoms with van der Waals surface area (Å²) in [7, 11) is 1.81. The van der Waals surface area contributed by atoms with Crippen molar-refractivity contribution in [1.82, 2.24) is 25.2 Å². The largest absolute Gasteiger partial charge is 0.377 e. The van der Waals surface area contributed by atoms with Gasteiger partial charge in [-0.25, -0.2) is 0 Å². The first-order valence-electron chi connectivity index (χ1n) is 7.52. The number of hydrogen-bond acceptors (Lipinski definition) is 5. The Morgan fingerprint density at radius 3 is 3.05 bits per heavy atom. The smallest absolute Gasteiger partial charge is 0.0964 e. The zero-order chi connectivity index (χ0) is 14.4. The van der Waals surface area contributed by atoms with Crippen molar-refractivity contribution < 1.29 is 4.74 Å². The van der Waals surface area contributed by atoms with Crippen LogP contribution in [0.1, 0.15) is 32.4 Å². The number of methoxy groups -OCH3 is 1. The van der Waals surface area contributed by atoms with Crippen molar-refractivity contribution in [3.63, 3.8) is 0 Å². The summed E-state index contributed by atoms with van der Waals surface area (Å²) >= 11 is 0. The van der Waals surface area contributed by atoms with Crippen molar-refractivity contribution in [2.45, 2.75) is 45.4 Å². The molecular formula is C14H27N5O. The van der Waals surface area contributed by atoms with E-state index in [1.54, 1.807) is 0 Å². The molecular weight excluding hydrogens is 254 g/mol. The van der Waals surface area contributed by atoms with Crippen LogP contribution in [0.3, 0.4) is 0 Å². The van der Waals surface area contributed by atoms with Crippen LogP contribution in [0.2, 0.25) is 0 Å². The highest BCUT2D eigenvalue weighted by Crippen LogP contribution is 2.23. The van der Waals surface area contributed by atoms with Gasteiger partial charge >= 0.3 is 0 Å². The van der Waals surface area contributed by atoms with Gasteiger partial charge in [0.25, 0.3) is 0 Å². The van der Waals surface area contributed by atoms with Crippen molar-refractivity contribution in [3.8, 4) is 0 Å². The van der Waals surface area contributed by atoms with Crippen LogP contribution in [0.5, 0.6) is 0 Å². The van der Waals surface area contributed by atoms with Gasteiger partial charge in [0.1, 0.15) is 0 Å². The van der Waals surface area contributed by atoms with Crippen LogP contribution in [0.15, 0.2) is 6.20 Å². The molecule has 0 aromatic carbocycles. The van der Waals surface area contributed by atoms with Crippen LogP contribution >= 0.6 is 0 Å². The summed E-state index contributed by atoms with van der Waals surface area (Å²) in [6.45, 7) is 10.1. The Labute approximate surface area is 121 Å². The molecule has 1 atom stereocenters. The van der Waals surface area contributed by atoms with Gasteiger partial charge in [-0.3, -0.25) is 9.58 Å². The Morgan fingerprint density at radius 1 is 1.45 bits per heavy atom. The number of piperidine rings is 1. The summed E-state index contributed by atoms with van der Waals surface area (Å²) in [4.78, 5) is 2.46. The maximum absolute atomic E-state index is 5.62. The van der Waals surface area contributed by atoms with E-state index in [0.29, 0.717) is 0 Å². The minimum Gasteiger partial charge on any atom is -0.377 e. The summed E-state index contributed by atoms with van der Waals surface area (Å²) in [6, 6.07) is 0. The average Bonchev–Trinajstić information content (AvgIpc) is 2.91. The Kier molecular flexibility index (Phi) is 5.51. The van der Waals surface area contributed by atoms with Crippen molar-refractivity contribution >= 4 is 0 Å². The highest BCUT2D eigenvalue weighted by Gasteiger charge is 2.30. The molecule has 0 spiro atoms. The van der Waals surface area contributed by atoms with Crippen LogP contribution in [0.4, 0.5) is 0 Å². The Hall–Kier alpha value is -0.980. The molecule has 1 aliphatic heterocycles. The third-order valence-electron chi connectivity index (χ3n) is 4.02. The van der Waals surface area contributed by atoms with E-state index in [-0.39, 0.29) is 5.60 Å². The summed E-state index contributed by atoms with van der Waals surface area (Å²) in [5.41, 5.74) is 1.02. The van der Waals surface area contributed by atoms with Crippen LogP contribution < -0.4 is 5.32 Å². The van der Waals surface area contributed by atoms with Crippen LogP contribution in [-0.4, -0.2) is 58.8 Å². The van der Waals surface area contributed by atoms with E-state index in [4.69, 9.17) is 4.74 Å². The molecule has 2 rings (SSSR count). The first-order valence-corrected chi connectivity index (χ1v) is 7.52. The monoisotopic (exact) mass is 281 g/mol. The zero-order valence-corrected chi connectivity index (χ0v) is 12.9. The molecule has 0 aliphatic carbocycles. The highest BCUT2D eigenvalue weighted by molar-refractivity contribution is 4.91. The SMILES string of the molecule is CCNCc1cn(CCN2CCCC(C)(OC)C2)nn1. The Bertz CT molecular complexity index is 408. The molecule has 1 aromatic rings. The predicted molar refractivity (Wildman–Crippen MR) is 78.5 cm³/mol. The second-order valence-corrected chi connectivity index (χ2v) is 5.79. The van der Waals surface area contributed by atoms with E-state index >= 15 is 0 Å². The third kappa shape index (κ3) is 4.26. The lowest BCUT2D eigenvalue weighted by molar-refractivity contribution is -0.0513. The molecule has 2 heterocycles. The first-order chi connectivity index (χ1) is 9.65. The lowest BCUT2D eigenvalue weighted by Crippen LogP contribution is -2.48. The van der Waals surface area contributed by atoms with Gasteiger partial charge in [-0.2, -0.15) is 0 Å². The van der Waals surface area contributed by atoms with E-state index in [2.05, 4.69) is 34.4 Å². The van der Waals surface area contributed by atoms with Gasteiger partial charge in [-0.05, 0) is 32.9 Å². The third-order valence-corrected chi connectivity index (χ3v) is 4.02. The van der Waals surface area contributed by atoms with Gasteiger partial charge in [0.2, 0.25) is 0 Å². The highest BCUT2D eigenvalue weighted by atomic mass is 16.5. The van der Waals surface area contributed by atoms with E-state index in [9.17, 15) is 0 Å². The molecule has 6 heteroatoms. The number of ether oxygens (including phenoxy) is 1. The Balaban J connectivity index is 1.78. The summed E-state index contributed by atoms with van der Waals surface area (Å²) in [5, 5.41) is 11.6. The molecule has 1 N–H and O–H groups in total.